The molecule has 0 unspecified atom stereocenters. The van der Waals surface area contributed by atoms with Crippen LogP contribution in [0.5, 0.6) is 0 Å². The number of aryl methyl sites for hydroxylation is 1. The second-order valence-electron chi connectivity index (χ2n) is 3.20. The number of hydrogen-bond acceptors (Lipinski definition) is 7. The maximum atomic E-state index is 12.0. The molecule has 0 saturated carbocycles. The van der Waals surface area contributed by atoms with Gasteiger partial charge in [-0.15, -0.1) is 0 Å². The van der Waals surface area contributed by atoms with Crippen LogP contribution < -0.4 is 16.6 Å². The number of rotatable bonds is 4. The molecule has 0 aliphatic heterocycles. The minimum absolute atomic E-state index is 0.104. The zero-order valence-corrected chi connectivity index (χ0v) is 9.08. The van der Waals surface area contributed by atoms with Crippen molar-refractivity contribution in [1.82, 2.24) is 9.97 Å². The summed E-state index contributed by atoms with van der Waals surface area (Å²) in [4.78, 5) is 16.9. The molecule has 0 aliphatic rings. The molecule has 1 aromatic rings. The summed E-state index contributed by atoms with van der Waals surface area (Å²) in [7, 11) is 0. The van der Waals surface area contributed by atoms with E-state index in [1.165, 1.54) is 6.92 Å². The molecular weight excluding hydrogens is 257 g/mol. The van der Waals surface area contributed by atoms with Gasteiger partial charge in [-0.25, -0.2) is 10.8 Å². The lowest BCUT2D eigenvalue weighted by atomic mass is 10.3. The largest absolute Gasteiger partial charge is 0.405 e. The summed E-state index contributed by atoms with van der Waals surface area (Å²) in [6.07, 6.45) is -4.52. The molecule has 100 valence electrons. The fourth-order valence-corrected chi connectivity index (χ4v) is 1.16. The molecule has 0 spiro atoms. The molecule has 0 radical (unpaired) electrons. The molecule has 8 nitrogen and oxygen atoms in total. The lowest BCUT2D eigenvalue weighted by Crippen LogP contribution is -2.23. The Hall–Kier alpha value is -2.17. The normalized spacial score (nSPS) is 11.2. The van der Waals surface area contributed by atoms with Crippen molar-refractivity contribution in [1.29, 1.82) is 0 Å². The van der Waals surface area contributed by atoms with Crippen molar-refractivity contribution < 1.29 is 18.1 Å². The number of anilines is 2. The number of aromatic nitrogens is 2. The van der Waals surface area contributed by atoms with E-state index in [-0.39, 0.29) is 11.6 Å². The van der Waals surface area contributed by atoms with Crippen molar-refractivity contribution in [2.75, 3.05) is 17.3 Å². The van der Waals surface area contributed by atoms with Crippen molar-refractivity contribution in [3.63, 3.8) is 0 Å². The fourth-order valence-electron chi connectivity index (χ4n) is 1.16. The van der Waals surface area contributed by atoms with Gasteiger partial charge in [-0.05, 0) is 6.92 Å². The molecule has 1 heterocycles. The van der Waals surface area contributed by atoms with E-state index in [9.17, 15) is 23.3 Å². The van der Waals surface area contributed by atoms with Crippen LogP contribution in [-0.4, -0.2) is 27.6 Å². The Labute approximate surface area is 98.5 Å². The van der Waals surface area contributed by atoms with Gasteiger partial charge in [-0.2, -0.15) is 18.2 Å². The van der Waals surface area contributed by atoms with Crippen LogP contribution in [0.1, 0.15) is 5.69 Å². The summed E-state index contributed by atoms with van der Waals surface area (Å²) in [6, 6.07) is 0. The van der Waals surface area contributed by atoms with Gasteiger partial charge < -0.3 is 5.32 Å². The van der Waals surface area contributed by atoms with Crippen LogP contribution >= 0.6 is 0 Å². The second kappa shape index (κ2) is 5.00. The van der Waals surface area contributed by atoms with Crippen molar-refractivity contribution >= 4 is 17.5 Å². The van der Waals surface area contributed by atoms with E-state index >= 15 is 0 Å². The van der Waals surface area contributed by atoms with Gasteiger partial charge in [0.15, 0.2) is 0 Å². The number of nitrogens with one attached hydrogen (secondary N) is 2. The number of nitro groups is 1. The predicted molar refractivity (Wildman–Crippen MR) is 55.8 cm³/mol. The number of nitrogens with two attached hydrogens (primary N) is 1. The molecule has 0 saturated heterocycles. The predicted octanol–water partition coefficient (Wildman–Crippen LogP) is 0.953. The number of hydrazine groups is 1. The third-order valence-corrected chi connectivity index (χ3v) is 1.83. The Morgan fingerprint density at radius 2 is 2.06 bits per heavy atom. The van der Waals surface area contributed by atoms with E-state index < -0.39 is 29.1 Å². The van der Waals surface area contributed by atoms with E-state index in [1.807, 2.05) is 10.7 Å². The summed E-state index contributed by atoms with van der Waals surface area (Å²) in [6.45, 7) is -0.187. The molecule has 0 aromatic carbocycles. The Morgan fingerprint density at radius 1 is 1.44 bits per heavy atom. The summed E-state index contributed by atoms with van der Waals surface area (Å²) in [5.41, 5.74) is 1.27. The first-order valence-electron chi connectivity index (χ1n) is 4.55. The minimum atomic E-state index is -4.52. The molecule has 0 bridgehead atoms. The average Bonchev–Trinajstić information content (AvgIpc) is 2.23. The van der Waals surface area contributed by atoms with Gasteiger partial charge in [0, 0.05) is 0 Å². The third kappa shape index (κ3) is 3.41. The van der Waals surface area contributed by atoms with E-state index in [0.717, 1.165) is 0 Å². The standard InChI is InChI=1S/C7H9F3N6O2/c1-3-4(16(17)18)5(12-2-7(8,9)10)14-6(13-3)15-11/h2,11H2,1H3,(H2,12,13,14,15). The zero-order chi connectivity index (χ0) is 13.9. The first kappa shape index (κ1) is 13.9. The third-order valence-electron chi connectivity index (χ3n) is 1.83. The molecule has 1 aromatic heterocycles. The van der Waals surface area contributed by atoms with Crippen LogP contribution in [0.25, 0.3) is 0 Å². The van der Waals surface area contributed by atoms with Crippen LogP contribution in [-0.2, 0) is 0 Å². The number of nitrogen functional groups attached to an aromatic ring is 1. The zero-order valence-electron chi connectivity index (χ0n) is 9.08. The first-order valence-corrected chi connectivity index (χ1v) is 4.55. The SMILES string of the molecule is Cc1nc(NN)nc(NCC(F)(F)F)c1[N+](=O)[O-]. The molecule has 11 heteroatoms. The summed E-state index contributed by atoms with van der Waals surface area (Å²) < 4.78 is 36.1. The highest BCUT2D eigenvalue weighted by Gasteiger charge is 2.30. The summed E-state index contributed by atoms with van der Waals surface area (Å²) in [5.74, 6) is 4.24. The van der Waals surface area contributed by atoms with Crippen molar-refractivity contribution in [2.24, 2.45) is 5.84 Å². The minimum Gasteiger partial charge on any atom is -0.355 e. The first-order chi connectivity index (χ1) is 8.24. The Morgan fingerprint density at radius 3 is 2.50 bits per heavy atom. The van der Waals surface area contributed by atoms with Crippen molar-refractivity contribution in [3.8, 4) is 0 Å². The average molecular weight is 266 g/mol. The van der Waals surface area contributed by atoms with Crippen LogP contribution in [0.4, 0.5) is 30.6 Å². The topological polar surface area (TPSA) is 119 Å². The van der Waals surface area contributed by atoms with E-state index in [0.29, 0.717) is 0 Å². The van der Waals surface area contributed by atoms with E-state index in [1.54, 1.807) is 0 Å². The lowest BCUT2D eigenvalue weighted by Gasteiger charge is -2.10. The number of hydrogen-bond donors (Lipinski definition) is 3. The maximum Gasteiger partial charge on any atom is 0.405 e. The molecule has 18 heavy (non-hydrogen) atoms. The molecule has 4 N–H and O–H groups in total. The Kier molecular flexibility index (Phi) is 3.86. The van der Waals surface area contributed by atoms with Crippen LogP contribution in [0, 0.1) is 17.0 Å². The van der Waals surface area contributed by atoms with Gasteiger partial charge in [-0.3, -0.25) is 15.5 Å². The fraction of sp³-hybridized carbons (Fsp3) is 0.429. The van der Waals surface area contributed by atoms with Gasteiger partial charge >= 0.3 is 11.9 Å². The van der Waals surface area contributed by atoms with Crippen LogP contribution in [0.15, 0.2) is 0 Å². The van der Waals surface area contributed by atoms with E-state index in [2.05, 4.69) is 9.97 Å². The summed E-state index contributed by atoms with van der Waals surface area (Å²) >= 11 is 0. The summed E-state index contributed by atoms with van der Waals surface area (Å²) in [5, 5.41) is 12.6. The number of halogens is 3. The smallest absolute Gasteiger partial charge is 0.355 e. The highest BCUT2D eigenvalue weighted by molar-refractivity contribution is 5.60. The molecule has 0 aliphatic carbocycles. The van der Waals surface area contributed by atoms with Gasteiger partial charge in [-0.1, -0.05) is 0 Å². The Bertz CT molecular complexity index is 463. The number of alkyl halides is 3. The second-order valence-corrected chi connectivity index (χ2v) is 3.20. The Balaban J connectivity index is 3.13. The lowest BCUT2D eigenvalue weighted by molar-refractivity contribution is -0.385. The highest BCUT2D eigenvalue weighted by atomic mass is 19.4. The van der Waals surface area contributed by atoms with Crippen LogP contribution in [0.2, 0.25) is 0 Å². The highest BCUT2D eigenvalue weighted by Crippen LogP contribution is 2.27. The molecule has 1 rings (SSSR count). The van der Waals surface area contributed by atoms with Crippen LogP contribution in [0.3, 0.4) is 0 Å². The van der Waals surface area contributed by atoms with Crippen molar-refractivity contribution in [3.05, 3.63) is 15.8 Å². The van der Waals surface area contributed by atoms with Gasteiger partial charge in [0.1, 0.15) is 12.2 Å². The quantitative estimate of drug-likeness (QED) is 0.421. The number of nitrogens with zero attached hydrogens (tertiary/aromatic N) is 3. The molecular formula is C7H9F3N6O2. The molecule has 0 amide bonds. The van der Waals surface area contributed by atoms with Gasteiger partial charge in [0.2, 0.25) is 11.8 Å². The van der Waals surface area contributed by atoms with Gasteiger partial charge in [0.25, 0.3) is 0 Å². The molecule has 0 fully saturated rings. The molecule has 0 atom stereocenters. The van der Waals surface area contributed by atoms with E-state index in [4.69, 9.17) is 5.84 Å². The monoisotopic (exact) mass is 266 g/mol. The maximum absolute atomic E-state index is 12.0. The van der Waals surface area contributed by atoms with Gasteiger partial charge in [0.05, 0.1) is 4.92 Å². The van der Waals surface area contributed by atoms with Crippen molar-refractivity contribution in [2.45, 2.75) is 13.1 Å².